The fourth-order valence-electron chi connectivity index (χ4n) is 1.59. The Morgan fingerprint density at radius 3 is 2.71 bits per heavy atom. The quantitative estimate of drug-likeness (QED) is 0.792. The molecule has 1 aromatic rings. The zero-order valence-corrected chi connectivity index (χ0v) is 10.7. The smallest absolute Gasteiger partial charge is 0.120 e. The predicted octanol–water partition coefficient (Wildman–Crippen LogP) is 1.60. The summed E-state index contributed by atoms with van der Waals surface area (Å²) in [5, 5.41) is 18.9. The van der Waals surface area contributed by atoms with E-state index in [2.05, 4.69) is 4.90 Å². The first-order valence-corrected chi connectivity index (χ1v) is 5.75. The van der Waals surface area contributed by atoms with Crippen LogP contribution in [-0.2, 0) is 6.54 Å². The predicted molar refractivity (Wildman–Crippen MR) is 67.3 cm³/mol. The number of rotatable bonds is 6. The molecule has 4 heteroatoms. The van der Waals surface area contributed by atoms with Crippen molar-refractivity contribution >= 4 is 0 Å². The number of benzene rings is 1. The lowest BCUT2D eigenvalue weighted by atomic mass is 10.1. The highest BCUT2D eigenvalue weighted by Crippen LogP contribution is 2.23. The average molecular weight is 239 g/mol. The van der Waals surface area contributed by atoms with Crippen molar-refractivity contribution in [3.05, 3.63) is 23.8 Å². The van der Waals surface area contributed by atoms with Gasteiger partial charge in [-0.25, -0.2) is 0 Å². The zero-order chi connectivity index (χ0) is 12.8. The molecular weight excluding hydrogens is 218 g/mol. The second-order valence-electron chi connectivity index (χ2n) is 4.37. The molecule has 96 valence electrons. The molecule has 1 aromatic carbocycles. The summed E-state index contributed by atoms with van der Waals surface area (Å²) in [6.45, 7) is 3.20. The van der Waals surface area contributed by atoms with E-state index in [0.717, 1.165) is 24.3 Å². The minimum Gasteiger partial charge on any atom is -0.508 e. The van der Waals surface area contributed by atoms with Crippen LogP contribution in [0.4, 0.5) is 0 Å². The van der Waals surface area contributed by atoms with E-state index in [-0.39, 0.29) is 11.9 Å². The Labute approximate surface area is 102 Å². The topological polar surface area (TPSA) is 52.9 Å². The van der Waals surface area contributed by atoms with Gasteiger partial charge in [-0.1, -0.05) is 0 Å². The zero-order valence-electron chi connectivity index (χ0n) is 10.7. The highest BCUT2D eigenvalue weighted by Gasteiger charge is 2.07. The molecule has 0 fully saturated rings. The van der Waals surface area contributed by atoms with E-state index in [0.29, 0.717) is 6.54 Å². The fourth-order valence-corrected chi connectivity index (χ4v) is 1.59. The second kappa shape index (κ2) is 6.47. The number of nitrogens with zero attached hydrogens (tertiary/aromatic N) is 1. The number of aliphatic hydroxyl groups excluding tert-OH is 1. The maximum absolute atomic E-state index is 9.73. The van der Waals surface area contributed by atoms with Gasteiger partial charge in [0.15, 0.2) is 0 Å². The van der Waals surface area contributed by atoms with Crippen LogP contribution >= 0.6 is 0 Å². The second-order valence-corrected chi connectivity index (χ2v) is 4.37. The highest BCUT2D eigenvalue weighted by molar-refractivity contribution is 5.39. The summed E-state index contributed by atoms with van der Waals surface area (Å²) in [5.74, 6) is 1.01. The van der Waals surface area contributed by atoms with Gasteiger partial charge in [-0.15, -0.1) is 0 Å². The van der Waals surface area contributed by atoms with Crippen LogP contribution in [0, 0.1) is 0 Å². The van der Waals surface area contributed by atoms with Gasteiger partial charge in [-0.3, -0.25) is 0 Å². The van der Waals surface area contributed by atoms with Crippen LogP contribution < -0.4 is 4.74 Å². The first kappa shape index (κ1) is 13.8. The number of methoxy groups -OCH3 is 1. The largest absolute Gasteiger partial charge is 0.508 e. The van der Waals surface area contributed by atoms with Crippen molar-refractivity contribution in [1.29, 1.82) is 0 Å². The molecule has 0 radical (unpaired) electrons. The summed E-state index contributed by atoms with van der Waals surface area (Å²) >= 11 is 0. The number of phenols is 1. The van der Waals surface area contributed by atoms with E-state index in [1.54, 1.807) is 26.2 Å². The Hall–Kier alpha value is -1.26. The third-order valence-corrected chi connectivity index (χ3v) is 2.66. The van der Waals surface area contributed by atoms with Gasteiger partial charge in [0.2, 0.25) is 0 Å². The number of aromatic hydroxyl groups is 1. The SMILES string of the molecule is COc1ccc(O)c(CN(C)CCC(C)O)c1. The Kier molecular flexibility index (Phi) is 5.25. The monoisotopic (exact) mass is 239 g/mol. The normalized spacial score (nSPS) is 12.8. The summed E-state index contributed by atoms with van der Waals surface area (Å²) < 4.78 is 5.12. The van der Waals surface area contributed by atoms with Crippen LogP contribution in [0.1, 0.15) is 18.9 Å². The molecular formula is C13H21NO3. The molecule has 17 heavy (non-hydrogen) atoms. The van der Waals surface area contributed by atoms with Gasteiger partial charge in [0.25, 0.3) is 0 Å². The minimum absolute atomic E-state index is 0.273. The number of hydrogen-bond acceptors (Lipinski definition) is 4. The standard InChI is InChI=1S/C13H21NO3/c1-10(15)6-7-14(2)9-11-8-12(17-3)4-5-13(11)16/h4-5,8,10,15-16H,6-7,9H2,1-3H3. The van der Waals surface area contributed by atoms with Gasteiger partial charge >= 0.3 is 0 Å². The van der Waals surface area contributed by atoms with E-state index in [1.807, 2.05) is 13.1 Å². The molecule has 0 aromatic heterocycles. The molecule has 0 aliphatic carbocycles. The Morgan fingerprint density at radius 1 is 1.41 bits per heavy atom. The average Bonchev–Trinajstić information content (AvgIpc) is 2.29. The Morgan fingerprint density at radius 2 is 2.12 bits per heavy atom. The van der Waals surface area contributed by atoms with E-state index in [4.69, 9.17) is 4.74 Å². The van der Waals surface area contributed by atoms with Gasteiger partial charge in [0.05, 0.1) is 13.2 Å². The van der Waals surface area contributed by atoms with E-state index in [9.17, 15) is 10.2 Å². The molecule has 0 aliphatic rings. The Balaban J connectivity index is 2.60. The van der Waals surface area contributed by atoms with Crippen molar-refractivity contribution in [2.75, 3.05) is 20.7 Å². The van der Waals surface area contributed by atoms with Crippen LogP contribution in [0.2, 0.25) is 0 Å². The highest BCUT2D eigenvalue weighted by atomic mass is 16.5. The molecule has 0 saturated heterocycles. The van der Waals surface area contributed by atoms with Crippen LogP contribution in [-0.4, -0.2) is 41.9 Å². The molecule has 0 saturated carbocycles. The number of phenolic OH excluding ortho intramolecular Hbond substituents is 1. The van der Waals surface area contributed by atoms with Crippen molar-refractivity contribution in [3.63, 3.8) is 0 Å². The molecule has 0 bridgehead atoms. The molecule has 2 N–H and O–H groups in total. The van der Waals surface area contributed by atoms with E-state index in [1.165, 1.54) is 0 Å². The van der Waals surface area contributed by atoms with E-state index >= 15 is 0 Å². The fraction of sp³-hybridized carbons (Fsp3) is 0.538. The van der Waals surface area contributed by atoms with Crippen molar-refractivity contribution in [2.45, 2.75) is 26.0 Å². The number of hydrogen-bond donors (Lipinski definition) is 2. The van der Waals surface area contributed by atoms with Crippen molar-refractivity contribution in [1.82, 2.24) is 4.90 Å². The first-order chi connectivity index (χ1) is 8.02. The van der Waals surface area contributed by atoms with Gasteiger partial charge in [-0.05, 0) is 38.6 Å². The summed E-state index contributed by atoms with van der Waals surface area (Å²) in [6, 6.07) is 5.19. The van der Waals surface area contributed by atoms with Gasteiger partial charge in [0, 0.05) is 18.7 Å². The molecule has 4 nitrogen and oxygen atoms in total. The third-order valence-electron chi connectivity index (χ3n) is 2.66. The van der Waals surface area contributed by atoms with Crippen LogP contribution in [0.25, 0.3) is 0 Å². The van der Waals surface area contributed by atoms with Gasteiger partial charge in [-0.2, -0.15) is 0 Å². The summed E-state index contributed by atoms with van der Waals surface area (Å²) in [4.78, 5) is 2.06. The van der Waals surface area contributed by atoms with Crippen LogP contribution in [0.5, 0.6) is 11.5 Å². The molecule has 0 amide bonds. The molecule has 0 heterocycles. The summed E-state index contributed by atoms with van der Waals surface area (Å²) in [7, 11) is 3.56. The lowest BCUT2D eigenvalue weighted by molar-refractivity contribution is 0.162. The van der Waals surface area contributed by atoms with Crippen molar-refractivity contribution in [3.8, 4) is 11.5 Å². The molecule has 0 aliphatic heterocycles. The van der Waals surface area contributed by atoms with E-state index < -0.39 is 0 Å². The summed E-state index contributed by atoms with van der Waals surface area (Å²) in [6.07, 6.45) is 0.428. The van der Waals surface area contributed by atoms with Gasteiger partial charge in [0.1, 0.15) is 11.5 Å². The van der Waals surface area contributed by atoms with Crippen LogP contribution in [0.15, 0.2) is 18.2 Å². The lowest BCUT2D eigenvalue weighted by Crippen LogP contribution is -2.22. The number of ether oxygens (including phenoxy) is 1. The molecule has 1 atom stereocenters. The first-order valence-electron chi connectivity index (χ1n) is 5.75. The molecule has 0 spiro atoms. The maximum atomic E-state index is 9.73. The number of aliphatic hydroxyl groups is 1. The summed E-state index contributed by atoms with van der Waals surface area (Å²) in [5.41, 5.74) is 0.831. The van der Waals surface area contributed by atoms with Crippen molar-refractivity contribution in [2.24, 2.45) is 0 Å². The van der Waals surface area contributed by atoms with Crippen molar-refractivity contribution < 1.29 is 14.9 Å². The Bertz CT molecular complexity index is 353. The minimum atomic E-state index is -0.295. The van der Waals surface area contributed by atoms with Crippen LogP contribution in [0.3, 0.4) is 0 Å². The van der Waals surface area contributed by atoms with Gasteiger partial charge < -0.3 is 19.8 Å². The molecule has 1 unspecified atom stereocenters. The maximum Gasteiger partial charge on any atom is 0.120 e. The third kappa shape index (κ3) is 4.63. The lowest BCUT2D eigenvalue weighted by Gasteiger charge is -2.18. The molecule has 1 rings (SSSR count).